The Labute approximate surface area is 120 Å². The number of phenolic OH excluding ortho intramolecular Hbond substituents is 1. The molecular weight excluding hydrogens is 252 g/mol. The number of nitrogens with one attached hydrogen (secondary N) is 1. The Hall–Kier alpha value is -1.26. The van der Waals surface area contributed by atoms with Gasteiger partial charge < -0.3 is 15.2 Å². The van der Waals surface area contributed by atoms with Gasteiger partial charge in [0.2, 0.25) is 0 Å². The van der Waals surface area contributed by atoms with Gasteiger partial charge in [-0.3, -0.25) is 4.90 Å². The molecule has 2 atom stereocenters. The maximum Gasteiger partial charge on any atom is 0.120 e. The maximum atomic E-state index is 9.93. The molecule has 2 fully saturated rings. The highest BCUT2D eigenvalue weighted by Gasteiger charge is 2.34. The van der Waals surface area contributed by atoms with Crippen molar-refractivity contribution in [3.8, 4) is 11.5 Å². The van der Waals surface area contributed by atoms with Crippen molar-refractivity contribution in [2.45, 2.75) is 44.3 Å². The number of phenols is 1. The lowest BCUT2D eigenvalue weighted by atomic mass is 9.99. The van der Waals surface area contributed by atoms with Gasteiger partial charge in [0.15, 0.2) is 0 Å². The first-order valence-corrected chi connectivity index (χ1v) is 7.61. The first-order valence-electron chi connectivity index (χ1n) is 7.61. The summed E-state index contributed by atoms with van der Waals surface area (Å²) in [6.45, 7) is 3.18. The second kappa shape index (κ2) is 6.02. The first-order chi connectivity index (χ1) is 9.78. The van der Waals surface area contributed by atoms with Crippen molar-refractivity contribution in [2.75, 3.05) is 20.2 Å². The Bertz CT molecular complexity index is 464. The van der Waals surface area contributed by atoms with E-state index in [4.69, 9.17) is 4.74 Å². The number of piperidine rings is 1. The third-order valence-corrected chi connectivity index (χ3v) is 4.70. The van der Waals surface area contributed by atoms with Crippen LogP contribution in [-0.2, 0) is 6.54 Å². The molecule has 2 N–H and O–H groups in total. The Morgan fingerprint density at radius 2 is 2.20 bits per heavy atom. The van der Waals surface area contributed by atoms with E-state index in [0.717, 1.165) is 11.3 Å². The van der Waals surface area contributed by atoms with Crippen molar-refractivity contribution >= 4 is 0 Å². The summed E-state index contributed by atoms with van der Waals surface area (Å²) in [5, 5.41) is 13.6. The molecule has 110 valence electrons. The van der Waals surface area contributed by atoms with Gasteiger partial charge in [-0.2, -0.15) is 0 Å². The van der Waals surface area contributed by atoms with Crippen LogP contribution in [0.15, 0.2) is 18.2 Å². The van der Waals surface area contributed by atoms with E-state index in [1.165, 1.54) is 38.8 Å². The van der Waals surface area contributed by atoms with Crippen LogP contribution >= 0.6 is 0 Å². The number of rotatable bonds is 4. The third-order valence-electron chi connectivity index (χ3n) is 4.70. The number of nitrogens with zero attached hydrogens (tertiary/aromatic N) is 1. The molecule has 1 aromatic carbocycles. The predicted molar refractivity (Wildman–Crippen MR) is 79.1 cm³/mol. The van der Waals surface area contributed by atoms with E-state index in [1.807, 2.05) is 6.07 Å². The second-order valence-electron chi connectivity index (χ2n) is 5.87. The zero-order valence-corrected chi connectivity index (χ0v) is 12.1. The first kappa shape index (κ1) is 13.7. The molecule has 4 nitrogen and oxygen atoms in total. The van der Waals surface area contributed by atoms with E-state index in [-0.39, 0.29) is 0 Å². The number of hydrogen-bond acceptors (Lipinski definition) is 4. The van der Waals surface area contributed by atoms with Crippen molar-refractivity contribution in [1.29, 1.82) is 0 Å². The molecule has 1 aromatic rings. The summed E-state index contributed by atoms with van der Waals surface area (Å²) >= 11 is 0. The fraction of sp³-hybridized carbons (Fsp3) is 0.625. The Balaban J connectivity index is 1.62. The van der Waals surface area contributed by atoms with Crippen LogP contribution in [0.1, 0.15) is 31.2 Å². The van der Waals surface area contributed by atoms with E-state index in [2.05, 4.69) is 10.2 Å². The number of ether oxygens (including phenoxy) is 1. The van der Waals surface area contributed by atoms with Crippen molar-refractivity contribution < 1.29 is 9.84 Å². The smallest absolute Gasteiger partial charge is 0.120 e. The molecule has 2 aliphatic rings. The monoisotopic (exact) mass is 276 g/mol. The lowest BCUT2D eigenvalue weighted by molar-refractivity contribution is 0.180. The summed E-state index contributed by atoms with van der Waals surface area (Å²) in [7, 11) is 1.65. The molecule has 0 bridgehead atoms. The fourth-order valence-electron chi connectivity index (χ4n) is 3.56. The largest absolute Gasteiger partial charge is 0.508 e. The molecule has 0 aromatic heterocycles. The SMILES string of the molecule is COc1ccc(O)c(CNC2CCN3CCCCC23)c1. The van der Waals surface area contributed by atoms with Gasteiger partial charge in [0.25, 0.3) is 0 Å². The van der Waals surface area contributed by atoms with E-state index >= 15 is 0 Å². The van der Waals surface area contributed by atoms with Gasteiger partial charge >= 0.3 is 0 Å². The molecule has 0 spiro atoms. The lowest BCUT2D eigenvalue weighted by Gasteiger charge is -2.32. The minimum Gasteiger partial charge on any atom is -0.508 e. The third kappa shape index (κ3) is 2.76. The second-order valence-corrected chi connectivity index (χ2v) is 5.87. The van der Waals surface area contributed by atoms with E-state index in [0.29, 0.717) is 24.4 Å². The summed E-state index contributed by atoms with van der Waals surface area (Å²) in [5.74, 6) is 1.14. The van der Waals surface area contributed by atoms with E-state index in [1.54, 1.807) is 19.2 Å². The van der Waals surface area contributed by atoms with Gasteiger partial charge in [0.1, 0.15) is 11.5 Å². The summed E-state index contributed by atoms with van der Waals surface area (Å²) in [6.07, 6.45) is 5.22. The van der Waals surface area contributed by atoms with Crippen LogP contribution in [0.3, 0.4) is 0 Å². The molecule has 2 unspecified atom stereocenters. The van der Waals surface area contributed by atoms with E-state index < -0.39 is 0 Å². The van der Waals surface area contributed by atoms with Gasteiger partial charge in [-0.25, -0.2) is 0 Å². The van der Waals surface area contributed by atoms with Crippen LogP contribution in [0.5, 0.6) is 11.5 Å². The predicted octanol–water partition coefficient (Wildman–Crippen LogP) is 2.12. The summed E-state index contributed by atoms with van der Waals surface area (Å²) in [6, 6.07) is 6.65. The number of aromatic hydroxyl groups is 1. The highest BCUT2D eigenvalue weighted by molar-refractivity contribution is 5.39. The normalized spacial score (nSPS) is 26.4. The maximum absolute atomic E-state index is 9.93. The van der Waals surface area contributed by atoms with Gasteiger partial charge in [0.05, 0.1) is 7.11 Å². The zero-order chi connectivity index (χ0) is 13.9. The summed E-state index contributed by atoms with van der Waals surface area (Å²) < 4.78 is 5.22. The topological polar surface area (TPSA) is 44.7 Å². The van der Waals surface area contributed by atoms with Crippen LogP contribution in [0.4, 0.5) is 0 Å². The fourth-order valence-corrected chi connectivity index (χ4v) is 3.56. The van der Waals surface area contributed by atoms with Crippen LogP contribution in [0.25, 0.3) is 0 Å². The van der Waals surface area contributed by atoms with Crippen molar-refractivity contribution in [3.63, 3.8) is 0 Å². The molecular formula is C16H24N2O2. The van der Waals surface area contributed by atoms with Gasteiger partial charge in [-0.05, 0) is 44.0 Å². The van der Waals surface area contributed by atoms with Crippen LogP contribution in [0.2, 0.25) is 0 Å². The van der Waals surface area contributed by atoms with Gasteiger partial charge in [-0.1, -0.05) is 6.42 Å². The highest BCUT2D eigenvalue weighted by Crippen LogP contribution is 2.28. The van der Waals surface area contributed by atoms with Crippen LogP contribution in [0, 0.1) is 0 Å². The summed E-state index contributed by atoms with van der Waals surface area (Å²) in [5.41, 5.74) is 0.915. The number of fused-ring (bicyclic) bond motifs is 1. The molecule has 2 heterocycles. The lowest BCUT2D eigenvalue weighted by Crippen LogP contribution is -2.44. The summed E-state index contributed by atoms with van der Waals surface area (Å²) in [4.78, 5) is 2.62. The zero-order valence-electron chi connectivity index (χ0n) is 12.1. The van der Waals surface area contributed by atoms with Crippen molar-refractivity contribution in [3.05, 3.63) is 23.8 Å². The molecule has 0 amide bonds. The minimum atomic E-state index is 0.344. The molecule has 0 aliphatic carbocycles. The van der Waals surface area contributed by atoms with Gasteiger partial charge in [0, 0.05) is 30.7 Å². The van der Waals surface area contributed by atoms with Crippen molar-refractivity contribution in [2.24, 2.45) is 0 Å². The number of methoxy groups -OCH3 is 1. The molecule has 3 rings (SSSR count). The standard InChI is InChI=1S/C16H24N2O2/c1-20-13-5-6-16(19)12(10-13)11-17-14-7-9-18-8-3-2-4-15(14)18/h5-6,10,14-15,17,19H,2-4,7-9,11H2,1H3. The van der Waals surface area contributed by atoms with Crippen LogP contribution < -0.4 is 10.1 Å². The van der Waals surface area contributed by atoms with Crippen LogP contribution in [-0.4, -0.2) is 42.3 Å². The highest BCUT2D eigenvalue weighted by atomic mass is 16.5. The Morgan fingerprint density at radius 1 is 1.30 bits per heavy atom. The molecule has 0 saturated carbocycles. The molecule has 2 saturated heterocycles. The van der Waals surface area contributed by atoms with Gasteiger partial charge in [-0.15, -0.1) is 0 Å². The Morgan fingerprint density at radius 3 is 3.05 bits per heavy atom. The molecule has 2 aliphatic heterocycles. The molecule has 0 radical (unpaired) electrons. The Kier molecular flexibility index (Phi) is 4.13. The number of benzene rings is 1. The number of hydrogen-bond donors (Lipinski definition) is 2. The minimum absolute atomic E-state index is 0.344. The van der Waals surface area contributed by atoms with Crippen molar-refractivity contribution in [1.82, 2.24) is 10.2 Å². The average Bonchev–Trinajstić information content (AvgIpc) is 2.90. The average molecular weight is 276 g/mol. The quantitative estimate of drug-likeness (QED) is 0.884. The molecule has 4 heteroatoms. The molecule has 20 heavy (non-hydrogen) atoms. The van der Waals surface area contributed by atoms with E-state index in [9.17, 15) is 5.11 Å².